The van der Waals surface area contributed by atoms with Gasteiger partial charge in [0.2, 0.25) is 0 Å². The van der Waals surface area contributed by atoms with E-state index in [4.69, 9.17) is 4.74 Å². The van der Waals surface area contributed by atoms with Gasteiger partial charge in [0.05, 0.1) is 24.6 Å². The van der Waals surface area contributed by atoms with Crippen LogP contribution in [0.25, 0.3) is 0 Å². The highest BCUT2D eigenvalue weighted by atomic mass is 79.9. The molecule has 0 aliphatic rings. The van der Waals surface area contributed by atoms with Crippen molar-refractivity contribution in [2.75, 3.05) is 17.7 Å². The summed E-state index contributed by atoms with van der Waals surface area (Å²) in [4.78, 5) is 37.2. The lowest BCUT2D eigenvalue weighted by Gasteiger charge is -2.11. The van der Waals surface area contributed by atoms with Crippen molar-refractivity contribution in [1.82, 2.24) is 5.43 Å². The van der Waals surface area contributed by atoms with Crippen LogP contribution in [0.15, 0.2) is 80.8 Å². The number of halogens is 2. The van der Waals surface area contributed by atoms with Crippen LogP contribution in [0.4, 0.5) is 11.4 Å². The van der Waals surface area contributed by atoms with Gasteiger partial charge in [-0.1, -0.05) is 44.0 Å². The van der Waals surface area contributed by atoms with Gasteiger partial charge in [-0.3, -0.25) is 14.4 Å². The minimum absolute atomic E-state index is 0.185. The lowest BCUT2D eigenvalue weighted by molar-refractivity contribution is -0.136. The molecule has 3 N–H and O–H groups in total. The third-order valence-corrected chi connectivity index (χ3v) is 5.31. The van der Waals surface area contributed by atoms with Gasteiger partial charge in [-0.05, 0) is 54.6 Å². The first-order chi connectivity index (χ1) is 15.9. The second-order valence-electron chi connectivity index (χ2n) is 6.55. The van der Waals surface area contributed by atoms with Gasteiger partial charge in [-0.15, -0.1) is 0 Å². The molecule has 0 unspecified atom stereocenters. The summed E-state index contributed by atoms with van der Waals surface area (Å²) >= 11 is 6.68. The molecule has 0 radical (unpaired) electrons. The van der Waals surface area contributed by atoms with Crippen LogP contribution < -0.4 is 20.8 Å². The van der Waals surface area contributed by atoms with E-state index in [0.29, 0.717) is 17.0 Å². The van der Waals surface area contributed by atoms with Gasteiger partial charge in [0.15, 0.2) is 0 Å². The molecule has 0 saturated carbocycles. The van der Waals surface area contributed by atoms with Crippen molar-refractivity contribution in [2.45, 2.75) is 0 Å². The average Bonchev–Trinajstić information content (AvgIpc) is 2.81. The third-order valence-electron chi connectivity index (χ3n) is 4.29. The molecule has 10 heteroatoms. The molecule has 3 amide bonds. The Morgan fingerprint density at radius 3 is 2.30 bits per heavy atom. The van der Waals surface area contributed by atoms with Gasteiger partial charge in [0, 0.05) is 20.2 Å². The quantitative estimate of drug-likeness (QED) is 0.228. The molecule has 0 heterocycles. The Balaban J connectivity index is 1.65. The molecule has 0 spiro atoms. The van der Waals surface area contributed by atoms with Gasteiger partial charge >= 0.3 is 11.8 Å². The summed E-state index contributed by atoms with van der Waals surface area (Å²) < 4.78 is 6.90. The van der Waals surface area contributed by atoms with E-state index >= 15 is 0 Å². The maximum atomic E-state index is 12.7. The van der Waals surface area contributed by atoms with Crippen molar-refractivity contribution in [2.24, 2.45) is 5.10 Å². The summed E-state index contributed by atoms with van der Waals surface area (Å²) in [5, 5.41) is 8.99. The van der Waals surface area contributed by atoms with Gasteiger partial charge in [-0.25, -0.2) is 5.43 Å². The van der Waals surface area contributed by atoms with Crippen LogP contribution in [0.5, 0.6) is 5.75 Å². The van der Waals surface area contributed by atoms with E-state index in [-0.39, 0.29) is 11.3 Å². The Bertz CT molecular complexity index is 1210. The monoisotopic (exact) mass is 572 g/mol. The Labute approximate surface area is 206 Å². The van der Waals surface area contributed by atoms with Crippen LogP contribution in [0.1, 0.15) is 15.9 Å². The number of hydrogen-bond acceptors (Lipinski definition) is 5. The maximum absolute atomic E-state index is 12.7. The molecule has 0 aromatic heterocycles. The molecular formula is C23H18Br2N4O4. The zero-order valence-corrected chi connectivity index (χ0v) is 20.4. The van der Waals surface area contributed by atoms with E-state index in [1.165, 1.54) is 19.4 Å². The third kappa shape index (κ3) is 6.74. The highest BCUT2D eigenvalue weighted by Crippen LogP contribution is 2.21. The molecule has 0 bridgehead atoms. The van der Waals surface area contributed by atoms with Gasteiger partial charge in [-0.2, -0.15) is 5.10 Å². The van der Waals surface area contributed by atoms with E-state index in [0.717, 1.165) is 8.95 Å². The van der Waals surface area contributed by atoms with E-state index in [1.807, 2.05) is 0 Å². The molecule has 0 saturated heterocycles. The van der Waals surface area contributed by atoms with Gasteiger partial charge < -0.3 is 15.4 Å². The van der Waals surface area contributed by atoms with Crippen LogP contribution in [0, 0.1) is 0 Å². The Morgan fingerprint density at radius 2 is 1.58 bits per heavy atom. The predicted molar refractivity (Wildman–Crippen MR) is 134 cm³/mol. The molecule has 0 atom stereocenters. The molecule has 0 aliphatic carbocycles. The number of para-hydroxylation sites is 1. The standard InChI is InChI=1S/C23H18Br2N4O4/c1-33-20-11-8-16(25)12-14(20)13-26-29-23(32)22(31)28-19-5-3-2-4-18(19)21(30)27-17-9-6-15(24)7-10-17/h2-13H,1H3,(H,27,30)(H,28,31)(H,29,32)/b26-13+. The van der Waals surface area contributed by atoms with Crippen molar-refractivity contribution in [3.05, 3.63) is 86.8 Å². The topological polar surface area (TPSA) is 109 Å². The smallest absolute Gasteiger partial charge is 0.329 e. The lowest BCUT2D eigenvalue weighted by atomic mass is 10.1. The summed E-state index contributed by atoms with van der Waals surface area (Å²) in [5.41, 5.74) is 3.72. The predicted octanol–water partition coefficient (Wildman–Crippen LogP) is 4.56. The number of hydrazone groups is 1. The summed E-state index contributed by atoms with van der Waals surface area (Å²) in [6.45, 7) is 0. The first-order valence-electron chi connectivity index (χ1n) is 9.51. The average molecular weight is 574 g/mol. The van der Waals surface area contributed by atoms with Crippen molar-refractivity contribution < 1.29 is 19.1 Å². The van der Waals surface area contributed by atoms with E-state index < -0.39 is 17.7 Å². The number of ether oxygens (including phenoxy) is 1. The first kappa shape index (κ1) is 24.1. The zero-order chi connectivity index (χ0) is 23.8. The minimum atomic E-state index is -0.997. The van der Waals surface area contributed by atoms with E-state index in [1.54, 1.807) is 60.7 Å². The SMILES string of the molecule is COc1ccc(Br)cc1/C=N/NC(=O)C(=O)Nc1ccccc1C(=O)Nc1ccc(Br)cc1. The normalized spacial score (nSPS) is 10.5. The first-order valence-corrected chi connectivity index (χ1v) is 11.1. The van der Waals surface area contributed by atoms with Crippen LogP contribution in [-0.4, -0.2) is 31.0 Å². The molecule has 0 fully saturated rings. The highest BCUT2D eigenvalue weighted by molar-refractivity contribution is 9.10. The number of carbonyl (C=O) groups is 3. The van der Waals surface area contributed by atoms with Crippen molar-refractivity contribution in [3.8, 4) is 5.75 Å². The number of anilines is 2. The summed E-state index contributed by atoms with van der Waals surface area (Å²) in [5.74, 6) is -1.86. The van der Waals surface area contributed by atoms with Gasteiger partial charge in [0.1, 0.15) is 5.75 Å². The molecule has 168 valence electrons. The number of nitrogens with zero attached hydrogens (tertiary/aromatic N) is 1. The Hall–Kier alpha value is -3.50. The van der Waals surface area contributed by atoms with E-state index in [2.05, 4.69) is 53.0 Å². The van der Waals surface area contributed by atoms with Crippen molar-refractivity contribution in [3.63, 3.8) is 0 Å². The molecule has 3 aromatic carbocycles. The maximum Gasteiger partial charge on any atom is 0.329 e. The highest BCUT2D eigenvalue weighted by Gasteiger charge is 2.18. The van der Waals surface area contributed by atoms with Crippen LogP contribution in [0.2, 0.25) is 0 Å². The Kier molecular flexibility index (Phi) is 8.34. The summed E-state index contributed by atoms with van der Waals surface area (Å²) in [7, 11) is 1.51. The molecule has 3 aromatic rings. The molecule has 3 rings (SSSR count). The number of benzene rings is 3. The molecular weight excluding hydrogens is 556 g/mol. The second kappa shape index (κ2) is 11.4. The minimum Gasteiger partial charge on any atom is -0.496 e. The summed E-state index contributed by atoms with van der Waals surface area (Å²) in [6, 6.07) is 18.7. The van der Waals surface area contributed by atoms with Crippen LogP contribution >= 0.6 is 31.9 Å². The van der Waals surface area contributed by atoms with Gasteiger partial charge in [0.25, 0.3) is 5.91 Å². The lowest BCUT2D eigenvalue weighted by Crippen LogP contribution is -2.33. The molecule has 33 heavy (non-hydrogen) atoms. The number of nitrogens with one attached hydrogen (secondary N) is 3. The Morgan fingerprint density at radius 1 is 0.879 bits per heavy atom. The summed E-state index contributed by atoms with van der Waals surface area (Å²) in [6.07, 6.45) is 1.36. The zero-order valence-electron chi connectivity index (χ0n) is 17.3. The van der Waals surface area contributed by atoms with Crippen LogP contribution in [-0.2, 0) is 9.59 Å². The fourth-order valence-corrected chi connectivity index (χ4v) is 3.36. The number of amides is 3. The number of hydrogen-bond donors (Lipinski definition) is 3. The fraction of sp³-hybridized carbons (Fsp3) is 0.0435. The molecule has 8 nitrogen and oxygen atoms in total. The number of methoxy groups -OCH3 is 1. The fourth-order valence-electron chi connectivity index (χ4n) is 2.72. The van der Waals surface area contributed by atoms with Crippen molar-refractivity contribution >= 4 is 67.2 Å². The van der Waals surface area contributed by atoms with E-state index in [9.17, 15) is 14.4 Å². The number of rotatable bonds is 6. The largest absolute Gasteiger partial charge is 0.496 e. The molecule has 0 aliphatic heterocycles. The van der Waals surface area contributed by atoms with Crippen LogP contribution in [0.3, 0.4) is 0 Å². The second-order valence-corrected chi connectivity index (χ2v) is 8.38. The van der Waals surface area contributed by atoms with Crippen molar-refractivity contribution in [1.29, 1.82) is 0 Å². The number of carbonyl (C=O) groups excluding carboxylic acids is 3.